The van der Waals surface area contributed by atoms with E-state index in [0.717, 1.165) is 0 Å². The number of aliphatic hydroxyl groups is 1. The minimum atomic E-state index is -1.37. The second-order valence-corrected chi connectivity index (χ2v) is 7.59. The van der Waals surface area contributed by atoms with Gasteiger partial charge in [-0.1, -0.05) is 23.2 Å². The molecule has 1 N–H and O–H groups in total. The third-order valence-electron chi connectivity index (χ3n) is 4.18. The maximum absolute atomic E-state index is 12.6. The molecule has 0 unspecified atom stereocenters. The zero-order chi connectivity index (χ0) is 20.5. The second-order valence-electron chi connectivity index (χ2n) is 6.75. The van der Waals surface area contributed by atoms with Crippen LogP contribution in [-0.4, -0.2) is 32.7 Å². The quantitative estimate of drug-likeness (QED) is 0.623. The molecule has 28 heavy (non-hydrogen) atoms. The lowest BCUT2D eigenvalue weighted by atomic mass is 10.0. The maximum atomic E-state index is 12.6. The van der Waals surface area contributed by atoms with Crippen LogP contribution >= 0.6 is 23.2 Å². The fraction of sp³-hybridized carbons (Fsp3) is 0.250. The molecular weight excluding hydrogens is 401 g/mol. The molecule has 0 spiro atoms. The van der Waals surface area contributed by atoms with Crippen molar-refractivity contribution < 1.29 is 14.6 Å². The van der Waals surface area contributed by atoms with Gasteiger partial charge in [-0.3, -0.25) is 4.98 Å². The average molecular weight is 420 g/mol. The molecule has 0 radical (unpaired) electrons. The Morgan fingerprint density at radius 1 is 1.29 bits per heavy atom. The minimum Gasteiger partial charge on any atom is -0.464 e. The molecule has 2 heterocycles. The fourth-order valence-corrected chi connectivity index (χ4v) is 3.26. The van der Waals surface area contributed by atoms with Gasteiger partial charge in [-0.2, -0.15) is 0 Å². The van der Waals surface area contributed by atoms with Crippen molar-refractivity contribution in [3.05, 3.63) is 69.7 Å². The molecule has 0 atom stereocenters. The van der Waals surface area contributed by atoms with Crippen LogP contribution < -0.4 is 0 Å². The van der Waals surface area contributed by atoms with Gasteiger partial charge in [-0.05, 0) is 49.7 Å². The topological polar surface area (TPSA) is 77.2 Å². The summed E-state index contributed by atoms with van der Waals surface area (Å²) in [4.78, 5) is 21.3. The summed E-state index contributed by atoms with van der Waals surface area (Å²) in [5, 5.41) is 11.6. The summed E-state index contributed by atoms with van der Waals surface area (Å²) in [6.45, 7) is 3.33. The summed E-state index contributed by atoms with van der Waals surface area (Å²) in [6, 6.07) is 8.69. The highest BCUT2D eigenvalue weighted by atomic mass is 35.5. The summed E-state index contributed by atoms with van der Waals surface area (Å²) in [6.07, 6.45) is 3.27. The summed E-state index contributed by atoms with van der Waals surface area (Å²) < 4.78 is 6.63. The van der Waals surface area contributed by atoms with Gasteiger partial charge in [0.1, 0.15) is 17.1 Å². The zero-order valence-electron chi connectivity index (χ0n) is 15.6. The van der Waals surface area contributed by atoms with E-state index in [-0.39, 0.29) is 17.9 Å². The molecular formula is C20H19Cl2N3O3. The molecule has 6 nitrogen and oxygen atoms in total. The first-order chi connectivity index (χ1) is 13.2. The van der Waals surface area contributed by atoms with Crippen LogP contribution in [0.2, 0.25) is 10.0 Å². The number of methoxy groups -OCH3 is 1. The lowest BCUT2D eigenvalue weighted by Crippen LogP contribution is -2.23. The largest absolute Gasteiger partial charge is 0.464 e. The molecule has 3 rings (SSSR count). The molecule has 3 aromatic rings. The highest BCUT2D eigenvalue weighted by Crippen LogP contribution is 2.31. The first-order valence-electron chi connectivity index (χ1n) is 8.48. The van der Waals surface area contributed by atoms with Crippen LogP contribution in [0.5, 0.6) is 0 Å². The zero-order valence-corrected chi connectivity index (χ0v) is 17.1. The van der Waals surface area contributed by atoms with E-state index in [2.05, 4.69) is 9.97 Å². The Hall–Kier alpha value is -2.41. The molecule has 0 saturated heterocycles. The highest BCUT2D eigenvalue weighted by Gasteiger charge is 2.33. The Labute approximate surface area is 172 Å². The monoisotopic (exact) mass is 419 g/mol. The Morgan fingerprint density at radius 3 is 2.64 bits per heavy atom. The lowest BCUT2D eigenvalue weighted by molar-refractivity contribution is 0.0532. The van der Waals surface area contributed by atoms with Gasteiger partial charge in [-0.25, -0.2) is 9.78 Å². The molecule has 146 valence electrons. The number of nitrogens with zero attached hydrogens (tertiary/aromatic N) is 3. The van der Waals surface area contributed by atoms with Gasteiger partial charge in [0.15, 0.2) is 5.69 Å². The SMILES string of the molecule is COC(=O)c1c(C(C)(C)O)nc(-c2cccnc2)n1Cc1cc(Cl)ccc1Cl. The Morgan fingerprint density at radius 2 is 2.04 bits per heavy atom. The van der Waals surface area contributed by atoms with E-state index in [0.29, 0.717) is 27.0 Å². The van der Waals surface area contributed by atoms with E-state index in [9.17, 15) is 9.90 Å². The number of carbonyl (C=O) groups excluding carboxylic acids is 1. The second kappa shape index (κ2) is 7.91. The Bertz CT molecular complexity index is 1010. The lowest BCUT2D eigenvalue weighted by Gasteiger charge is -2.17. The smallest absolute Gasteiger partial charge is 0.356 e. The predicted octanol–water partition coefficient (Wildman–Crippen LogP) is 4.31. The minimum absolute atomic E-state index is 0.143. The molecule has 8 heteroatoms. The molecule has 2 aromatic heterocycles. The fourth-order valence-electron chi connectivity index (χ4n) is 2.89. The summed E-state index contributed by atoms with van der Waals surface area (Å²) >= 11 is 12.5. The number of ether oxygens (including phenoxy) is 1. The molecule has 0 saturated carbocycles. The number of esters is 1. The van der Waals surface area contributed by atoms with Gasteiger partial charge in [0.2, 0.25) is 0 Å². The molecule has 0 fully saturated rings. The van der Waals surface area contributed by atoms with Crippen LogP contribution in [0.25, 0.3) is 11.4 Å². The van der Waals surface area contributed by atoms with Gasteiger partial charge in [-0.15, -0.1) is 0 Å². The molecule has 0 aliphatic rings. The molecule has 0 bridgehead atoms. The predicted molar refractivity (Wildman–Crippen MR) is 108 cm³/mol. The van der Waals surface area contributed by atoms with E-state index >= 15 is 0 Å². The first-order valence-corrected chi connectivity index (χ1v) is 9.24. The van der Waals surface area contributed by atoms with Crippen molar-refractivity contribution in [2.45, 2.75) is 26.0 Å². The number of hydrogen-bond donors (Lipinski definition) is 1. The highest BCUT2D eigenvalue weighted by molar-refractivity contribution is 6.33. The Balaban J connectivity index is 2.29. The van der Waals surface area contributed by atoms with Crippen molar-refractivity contribution in [3.63, 3.8) is 0 Å². The summed E-state index contributed by atoms with van der Waals surface area (Å²) in [5.41, 5.74) is 0.357. The van der Waals surface area contributed by atoms with Crippen molar-refractivity contribution in [3.8, 4) is 11.4 Å². The van der Waals surface area contributed by atoms with E-state index in [1.165, 1.54) is 7.11 Å². The Kier molecular flexibility index (Phi) is 5.74. The summed E-state index contributed by atoms with van der Waals surface area (Å²) in [7, 11) is 1.28. The van der Waals surface area contributed by atoms with Crippen LogP contribution in [0.4, 0.5) is 0 Å². The number of carbonyl (C=O) groups is 1. The van der Waals surface area contributed by atoms with Crippen molar-refractivity contribution in [2.75, 3.05) is 7.11 Å². The standard InChI is InChI=1S/C20H19Cl2N3O3/c1-20(2,27)17-16(19(26)28-3)25(11-13-9-14(21)6-7-15(13)22)18(24-17)12-5-4-8-23-10-12/h4-10,27H,11H2,1-3H3. The molecule has 0 amide bonds. The van der Waals surface area contributed by atoms with Crippen LogP contribution in [-0.2, 0) is 16.9 Å². The molecule has 0 aliphatic carbocycles. The van der Waals surface area contributed by atoms with Gasteiger partial charge < -0.3 is 14.4 Å². The van der Waals surface area contributed by atoms with E-state index in [1.807, 2.05) is 6.07 Å². The van der Waals surface area contributed by atoms with Crippen molar-refractivity contribution in [1.82, 2.24) is 14.5 Å². The number of aromatic nitrogens is 3. The van der Waals surface area contributed by atoms with E-state index in [1.54, 1.807) is 55.1 Å². The number of hydrogen-bond acceptors (Lipinski definition) is 5. The number of imidazole rings is 1. The summed E-state index contributed by atoms with van der Waals surface area (Å²) in [5.74, 6) is -0.153. The van der Waals surface area contributed by atoms with Crippen LogP contribution in [0.1, 0.15) is 35.6 Å². The normalized spacial score (nSPS) is 11.5. The molecule has 0 aliphatic heterocycles. The van der Waals surface area contributed by atoms with E-state index < -0.39 is 11.6 Å². The number of benzene rings is 1. The van der Waals surface area contributed by atoms with Crippen molar-refractivity contribution in [1.29, 1.82) is 0 Å². The van der Waals surface area contributed by atoms with Crippen LogP contribution in [0.3, 0.4) is 0 Å². The van der Waals surface area contributed by atoms with Gasteiger partial charge in [0.05, 0.1) is 13.7 Å². The van der Waals surface area contributed by atoms with Gasteiger partial charge >= 0.3 is 5.97 Å². The van der Waals surface area contributed by atoms with E-state index in [4.69, 9.17) is 27.9 Å². The van der Waals surface area contributed by atoms with Crippen molar-refractivity contribution >= 4 is 29.2 Å². The average Bonchev–Trinajstić information content (AvgIpc) is 3.04. The third-order valence-corrected chi connectivity index (χ3v) is 4.79. The third kappa shape index (κ3) is 4.04. The van der Waals surface area contributed by atoms with Gasteiger partial charge in [0.25, 0.3) is 0 Å². The van der Waals surface area contributed by atoms with Crippen LogP contribution in [0, 0.1) is 0 Å². The maximum Gasteiger partial charge on any atom is 0.356 e. The number of pyridine rings is 1. The first kappa shape index (κ1) is 20.3. The number of halogens is 2. The van der Waals surface area contributed by atoms with Crippen LogP contribution in [0.15, 0.2) is 42.7 Å². The molecule has 1 aromatic carbocycles. The van der Waals surface area contributed by atoms with Gasteiger partial charge in [0, 0.05) is 28.0 Å². The van der Waals surface area contributed by atoms with Crippen molar-refractivity contribution in [2.24, 2.45) is 0 Å². The number of rotatable bonds is 5.